The number of amidine groups is 1. The molecule has 0 bridgehead atoms. The standard InChI is InChI=1S/C13H15N3O3S/c1-2-19-9-5-3-8(4-6-9)15-12(18)10-7-11(17)16-13(14)20-10/h3-6,10H,2,7H2,1H3,(H,15,18)(H2,14,16,17)/t10-/m1/s1. The highest BCUT2D eigenvalue weighted by Gasteiger charge is 2.27. The van der Waals surface area contributed by atoms with Crippen molar-refractivity contribution < 1.29 is 14.3 Å². The van der Waals surface area contributed by atoms with Crippen molar-refractivity contribution in [1.82, 2.24) is 0 Å². The number of hydrogen-bond donors (Lipinski definition) is 2. The normalized spacial score (nSPS) is 18.4. The van der Waals surface area contributed by atoms with Crippen molar-refractivity contribution >= 4 is 34.4 Å². The van der Waals surface area contributed by atoms with Crippen LogP contribution in [0.3, 0.4) is 0 Å². The average molecular weight is 293 g/mol. The molecule has 20 heavy (non-hydrogen) atoms. The molecular weight excluding hydrogens is 278 g/mol. The van der Waals surface area contributed by atoms with E-state index in [-0.39, 0.29) is 23.4 Å². The van der Waals surface area contributed by atoms with E-state index in [2.05, 4.69) is 10.3 Å². The minimum Gasteiger partial charge on any atom is -0.494 e. The SMILES string of the molecule is CCOc1ccc(NC(=O)[C@H]2CC(=O)N=C(N)S2)cc1. The van der Waals surface area contributed by atoms with Gasteiger partial charge in [-0.2, -0.15) is 4.99 Å². The van der Waals surface area contributed by atoms with Gasteiger partial charge in [0.25, 0.3) is 0 Å². The van der Waals surface area contributed by atoms with Crippen LogP contribution >= 0.6 is 11.8 Å². The van der Waals surface area contributed by atoms with Crippen LogP contribution in [0.2, 0.25) is 0 Å². The number of nitrogens with two attached hydrogens (primary N) is 1. The van der Waals surface area contributed by atoms with Crippen LogP contribution in [0.15, 0.2) is 29.3 Å². The Bertz CT molecular complexity index is 542. The fourth-order valence-electron chi connectivity index (χ4n) is 1.71. The number of amides is 2. The lowest BCUT2D eigenvalue weighted by Crippen LogP contribution is -2.33. The number of nitrogens with one attached hydrogen (secondary N) is 1. The molecule has 0 radical (unpaired) electrons. The number of ether oxygens (including phenoxy) is 1. The summed E-state index contributed by atoms with van der Waals surface area (Å²) in [7, 11) is 0. The second-order valence-corrected chi connectivity index (χ2v) is 5.32. The van der Waals surface area contributed by atoms with Gasteiger partial charge in [-0.3, -0.25) is 9.59 Å². The summed E-state index contributed by atoms with van der Waals surface area (Å²) in [5.74, 6) is 0.113. The number of thioether (sulfide) groups is 1. The fraction of sp³-hybridized carbons (Fsp3) is 0.308. The molecule has 1 aliphatic rings. The number of benzene rings is 1. The van der Waals surface area contributed by atoms with Crippen molar-refractivity contribution in [2.45, 2.75) is 18.6 Å². The summed E-state index contributed by atoms with van der Waals surface area (Å²) >= 11 is 1.10. The molecule has 6 nitrogen and oxygen atoms in total. The third-order valence-electron chi connectivity index (χ3n) is 2.58. The van der Waals surface area contributed by atoms with E-state index in [0.29, 0.717) is 12.3 Å². The van der Waals surface area contributed by atoms with Crippen molar-refractivity contribution in [3.8, 4) is 5.75 Å². The molecule has 0 saturated heterocycles. The van der Waals surface area contributed by atoms with Crippen LogP contribution in [0.1, 0.15) is 13.3 Å². The zero-order chi connectivity index (χ0) is 14.5. The molecule has 0 saturated carbocycles. The van der Waals surface area contributed by atoms with E-state index in [9.17, 15) is 9.59 Å². The lowest BCUT2D eigenvalue weighted by molar-refractivity contribution is -0.121. The highest BCUT2D eigenvalue weighted by atomic mass is 32.2. The van der Waals surface area contributed by atoms with Gasteiger partial charge in [-0.25, -0.2) is 0 Å². The number of nitrogens with zero attached hydrogens (tertiary/aromatic N) is 1. The van der Waals surface area contributed by atoms with Gasteiger partial charge in [-0.05, 0) is 31.2 Å². The lowest BCUT2D eigenvalue weighted by atomic mass is 10.2. The number of carbonyl (C=O) groups is 2. The molecule has 1 atom stereocenters. The predicted octanol–water partition coefficient (Wildman–Crippen LogP) is 1.37. The highest BCUT2D eigenvalue weighted by molar-refractivity contribution is 8.15. The third kappa shape index (κ3) is 3.74. The van der Waals surface area contributed by atoms with E-state index < -0.39 is 5.25 Å². The Hall–Kier alpha value is -2.02. The Morgan fingerprint density at radius 1 is 1.50 bits per heavy atom. The number of anilines is 1. The predicted molar refractivity (Wildman–Crippen MR) is 78.9 cm³/mol. The van der Waals surface area contributed by atoms with Crippen molar-refractivity contribution in [3.05, 3.63) is 24.3 Å². The summed E-state index contributed by atoms with van der Waals surface area (Å²) in [6, 6.07) is 7.04. The Kier molecular flexibility index (Phi) is 4.62. The van der Waals surface area contributed by atoms with Crippen LogP contribution in [-0.4, -0.2) is 28.8 Å². The van der Waals surface area contributed by atoms with Crippen LogP contribution in [0.4, 0.5) is 5.69 Å². The van der Waals surface area contributed by atoms with Crippen LogP contribution in [0, 0.1) is 0 Å². The first kappa shape index (κ1) is 14.4. The topological polar surface area (TPSA) is 93.8 Å². The van der Waals surface area contributed by atoms with E-state index in [4.69, 9.17) is 10.5 Å². The molecule has 1 aromatic carbocycles. The van der Waals surface area contributed by atoms with Gasteiger partial charge in [0.15, 0.2) is 5.17 Å². The Balaban J connectivity index is 1.97. The van der Waals surface area contributed by atoms with Gasteiger partial charge in [0.1, 0.15) is 11.0 Å². The van der Waals surface area contributed by atoms with Gasteiger partial charge in [-0.1, -0.05) is 11.8 Å². The van der Waals surface area contributed by atoms with Crippen LogP contribution < -0.4 is 15.8 Å². The van der Waals surface area contributed by atoms with Gasteiger partial charge in [-0.15, -0.1) is 0 Å². The highest BCUT2D eigenvalue weighted by Crippen LogP contribution is 2.23. The summed E-state index contributed by atoms with van der Waals surface area (Å²) in [5, 5.41) is 2.34. The largest absolute Gasteiger partial charge is 0.494 e. The maximum Gasteiger partial charge on any atom is 0.249 e. The molecule has 0 unspecified atom stereocenters. The summed E-state index contributed by atoms with van der Waals surface area (Å²) in [6.07, 6.45) is 0.0637. The molecule has 0 aromatic heterocycles. The first-order valence-corrected chi connectivity index (χ1v) is 7.04. The Labute approximate surface area is 120 Å². The molecule has 1 aliphatic heterocycles. The van der Waals surface area contributed by atoms with Crippen LogP contribution in [0.25, 0.3) is 0 Å². The molecular formula is C13H15N3O3S. The number of carbonyl (C=O) groups excluding carboxylic acids is 2. The van der Waals surface area contributed by atoms with Crippen LogP contribution in [0.5, 0.6) is 5.75 Å². The molecule has 7 heteroatoms. The van der Waals surface area contributed by atoms with E-state index in [0.717, 1.165) is 17.5 Å². The first-order chi connectivity index (χ1) is 9.58. The second-order valence-electron chi connectivity index (χ2n) is 4.10. The first-order valence-electron chi connectivity index (χ1n) is 6.16. The average Bonchev–Trinajstić information content (AvgIpc) is 2.40. The molecule has 2 amide bonds. The summed E-state index contributed by atoms with van der Waals surface area (Å²) in [6.45, 7) is 2.49. The molecule has 2 rings (SSSR count). The molecule has 0 aliphatic carbocycles. The zero-order valence-electron chi connectivity index (χ0n) is 11.0. The van der Waals surface area contributed by atoms with Gasteiger partial charge in [0, 0.05) is 5.69 Å². The summed E-state index contributed by atoms with van der Waals surface area (Å²) in [4.78, 5) is 26.9. The van der Waals surface area contributed by atoms with E-state index in [1.165, 1.54) is 0 Å². The minimum absolute atomic E-state index is 0.0637. The second kappa shape index (κ2) is 6.42. The van der Waals surface area contributed by atoms with Gasteiger partial charge < -0.3 is 15.8 Å². The maximum atomic E-state index is 12.0. The van der Waals surface area contributed by atoms with Crippen LogP contribution in [-0.2, 0) is 9.59 Å². The smallest absolute Gasteiger partial charge is 0.249 e. The minimum atomic E-state index is -0.536. The Morgan fingerprint density at radius 2 is 2.20 bits per heavy atom. The fourth-order valence-corrected chi connectivity index (χ4v) is 2.55. The van der Waals surface area contributed by atoms with Crippen molar-refractivity contribution in [1.29, 1.82) is 0 Å². The van der Waals surface area contributed by atoms with E-state index >= 15 is 0 Å². The summed E-state index contributed by atoms with van der Waals surface area (Å²) < 4.78 is 5.32. The van der Waals surface area contributed by atoms with E-state index in [1.807, 2.05) is 6.92 Å². The third-order valence-corrected chi connectivity index (χ3v) is 3.58. The molecule has 1 heterocycles. The number of rotatable bonds is 4. The van der Waals surface area contributed by atoms with Gasteiger partial charge in [0.05, 0.1) is 13.0 Å². The van der Waals surface area contributed by atoms with Gasteiger partial charge in [0.2, 0.25) is 11.8 Å². The number of aliphatic imine (C=N–C) groups is 1. The van der Waals surface area contributed by atoms with E-state index in [1.54, 1.807) is 24.3 Å². The van der Waals surface area contributed by atoms with Crippen molar-refractivity contribution in [3.63, 3.8) is 0 Å². The van der Waals surface area contributed by atoms with Crippen molar-refractivity contribution in [2.75, 3.05) is 11.9 Å². The Morgan fingerprint density at radius 3 is 2.80 bits per heavy atom. The monoisotopic (exact) mass is 293 g/mol. The molecule has 106 valence electrons. The molecule has 3 N–H and O–H groups in total. The molecule has 1 aromatic rings. The quantitative estimate of drug-likeness (QED) is 0.874. The van der Waals surface area contributed by atoms with Gasteiger partial charge >= 0.3 is 0 Å². The maximum absolute atomic E-state index is 12.0. The lowest BCUT2D eigenvalue weighted by Gasteiger charge is -2.17. The zero-order valence-corrected chi connectivity index (χ0v) is 11.8. The van der Waals surface area contributed by atoms with Crippen molar-refractivity contribution in [2.24, 2.45) is 10.7 Å². The molecule has 0 fully saturated rings. The number of hydrogen-bond acceptors (Lipinski definition) is 5. The summed E-state index contributed by atoms with van der Waals surface area (Å²) in [5.41, 5.74) is 6.14. The molecule has 0 spiro atoms.